The lowest BCUT2D eigenvalue weighted by Crippen LogP contribution is -2.51. The molecule has 0 aromatic heterocycles. The van der Waals surface area contributed by atoms with Crippen LogP contribution in [0, 0.1) is 0 Å². The number of benzene rings is 2. The van der Waals surface area contributed by atoms with E-state index in [4.69, 9.17) is 18.9 Å². The van der Waals surface area contributed by atoms with E-state index < -0.39 is 12.0 Å². The van der Waals surface area contributed by atoms with Crippen LogP contribution in [0.3, 0.4) is 0 Å². The van der Waals surface area contributed by atoms with Crippen LogP contribution in [0.15, 0.2) is 42.5 Å². The van der Waals surface area contributed by atoms with Crippen molar-refractivity contribution < 1.29 is 28.5 Å². The number of nitrogens with one attached hydrogen (secondary N) is 1. The monoisotopic (exact) mass is 344 g/mol. The molecule has 8 heteroatoms. The second-order valence-corrected chi connectivity index (χ2v) is 5.01. The van der Waals surface area contributed by atoms with Gasteiger partial charge in [-0.2, -0.15) is 0 Å². The molecule has 130 valence electrons. The molecule has 0 aliphatic carbocycles. The number of hydrogen-bond donors (Lipinski definition) is 1. The number of carbonyl (C=O) groups excluding carboxylic acids is 2. The van der Waals surface area contributed by atoms with E-state index in [0.29, 0.717) is 23.0 Å². The molecule has 3 rings (SSSR count). The number of rotatable bonds is 4. The number of hydrazine groups is 1. The Balaban J connectivity index is 1.87. The molecule has 0 bridgehead atoms. The van der Waals surface area contributed by atoms with Crippen molar-refractivity contribution in [1.29, 1.82) is 0 Å². The molecule has 0 saturated carbocycles. The standard InChI is InChI=1S/C17H16N2O6/c1-22-12-8-13(23-2)16-14(9-12)24-10-15(20)19(16)18-17(21)25-11-6-4-3-5-7-11/h3-9H,10H2,1-2H3,(H,18,21). The Bertz CT molecular complexity index is 776. The second-order valence-electron chi connectivity index (χ2n) is 5.01. The largest absolute Gasteiger partial charge is 0.496 e. The normalized spacial score (nSPS) is 12.7. The SMILES string of the molecule is COc1cc(OC)c2c(c1)OCC(=O)N2NC(=O)Oc1ccccc1. The Morgan fingerprint density at radius 3 is 2.56 bits per heavy atom. The maximum atomic E-state index is 12.2. The van der Waals surface area contributed by atoms with Crippen LogP contribution < -0.4 is 29.4 Å². The van der Waals surface area contributed by atoms with Crippen LogP contribution in [0.25, 0.3) is 0 Å². The van der Waals surface area contributed by atoms with Crippen LogP contribution in [-0.2, 0) is 4.79 Å². The Hall–Kier alpha value is -3.42. The van der Waals surface area contributed by atoms with Crippen molar-refractivity contribution in [2.45, 2.75) is 0 Å². The molecule has 2 aromatic carbocycles. The molecule has 8 nitrogen and oxygen atoms in total. The fourth-order valence-electron chi connectivity index (χ4n) is 2.32. The van der Waals surface area contributed by atoms with Crippen molar-refractivity contribution in [3.05, 3.63) is 42.5 Å². The van der Waals surface area contributed by atoms with E-state index in [-0.39, 0.29) is 12.3 Å². The van der Waals surface area contributed by atoms with Gasteiger partial charge in [0.2, 0.25) is 0 Å². The van der Waals surface area contributed by atoms with E-state index in [1.165, 1.54) is 14.2 Å². The van der Waals surface area contributed by atoms with Gasteiger partial charge in [0.05, 0.1) is 14.2 Å². The topological polar surface area (TPSA) is 86.3 Å². The number of para-hydroxylation sites is 1. The third-order valence-corrected chi connectivity index (χ3v) is 3.45. The van der Waals surface area contributed by atoms with E-state index in [1.54, 1.807) is 42.5 Å². The molecule has 0 unspecified atom stereocenters. The van der Waals surface area contributed by atoms with Crippen LogP contribution >= 0.6 is 0 Å². The summed E-state index contributed by atoms with van der Waals surface area (Å²) in [5, 5.41) is 1.04. The Labute approximate surface area is 143 Å². The molecular weight excluding hydrogens is 328 g/mol. The van der Waals surface area contributed by atoms with Crippen LogP contribution in [0.1, 0.15) is 0 Å². The Kier molecular flexibility index (Phi) is 4.60. The van der Waals surface area contributed by atoms with Gasteiger partial charge in [0.1, 0.15) is 11.5 Å². The minimum absolute atomic E-state index is 0.241. The maximum Gasteiger partial charge on any atom is 0.432 e. The van der Waals surface area contributed by atoms with E-state index in [9.17, 15) is 9.59 Å². The zero-order valence-corrected chi connectivity index (χ0v) is 13.6. The first-order chi connectivity index (χ1) is 12.1. The highest BCUT2D eigenvalue weighted by atomic mass is 16.6. The molecule has 1 N–H and O–H groups in total. The summed E-state index contributed by atoms with van der Waals surface area (Å²) in [4.78, 5) is 24.3. The van der Waals surface area contributed by atoms with Gasteiger partial charge in [0.25, 0.3) is 5.91 Å². The third-order valence-electron chi connectivity index (χ3n) is 3.45. The number of amides is 2. The van der Waals surface area contributed by atoms with E-state index in [0.717, 1.165) is 5.01 Å². The van der Waals surface area contributed by atoms with E-state index in [2.05, 4.69) is 5.43 Å². The highest BCUT2D eigenvalue weighted by molar-refractivity contribution is 6.01. The van der Waals surface area contributed by atoms with E-state index in [1.807, 2.05) is 0 Å². The average molecular weight is 344 g/mol. The molecule has 0 saturated heterocycles. The van der Waals surface area contributed by atoms with Gasteiger partial charge in [-0.1, -0.05) is 18.2 Å². The van der Waals surface area contributed by atoms with Gasteiger partial charge in [-0.3, -0.25) is 4.79 Å². The number of ether oxygens (including phenoxy) is 4. The third kappa shape index (κ3) is 3.42. The number of fused-ring (bicyclic) bond motifs is 1. The number of nitrogens with zero attached hydrogens (tertiary/aromatic N) is 1. The van der Waals surface area contributed by atoms with Gasteiger partial charge in [0, 0.05) is 12.1 Å². The fraction of sp³-hybridized carbons (Fsp3) is 0.176. The Morgan fingerprint density at radius 1 is 1.12 bits per heavy atom. The summed E-state index contributed by atoms with van der Waals surface area (Å²) in [5.41, 5.74) is 2.68. The van der Waals surface area contributed by atoms with Crippen LogP contribution in [0.5, 0.6) is 23.0 Å². The molecule has 0 atom stereocenters. The van der Waals surface area contributed by atoms with Crippen molar-refractivity contribution in [3.63, 3.8) is 0 Å². The predicted octanol–water partition coefficient (Wildman–Crippen LogP) is 2.13. The van der Waals surface area contributed by atoms with Crippen LogP contribution in [0.2, 0.25) is 0 Å². The molecule has 1 heterocycles. The molecule has 25 heavy (non-hydrogen) atoms. The number of hydrogen-bond acceptors (Lipinski definition) is 6. The lowest BCUT2D eigenvalue weighted by atomic mass is 10.2. The summed E-state index contributed by atoms with van der Waals surface area (Å²) in [7, 11) is 2.94. The molecule has 0 spiro atoms. The number of anilines is 1. The molecule has 2 amide bonds. The van der Waals surface area contributed by atoms with Crippen molar-refractivity contribution in [1.82, 2.24) is 5.43 Å². The average Bonchev–Trinajstić information content (AvgIpc) is 2.63. The lowest BCUT2D eigenvalue weighted by molar-refractivity contribution is -0.121. The van der Waals surface area contributed by atoms with Crippen molar-refractivity contribution in [2.24, 2.45) is 0 Å². The van der Waals surface area contributed by atoms with Gasteiger partial charge in [-0.05, 0) is 12.1 Å². The first kappa shape index (κ1) is 16.4. The Morgan fingerprint density at radius 2 is 1.88 bits per heavy atom. The zero-order valence-electron chi connectivity index (χ0n) is 13.6. The van der Waals surface area contributed by atoms with Crippen LogP contribution in [-0.4, -0.2) is 32.8 Å². The first-order valence-corrected chi connectivity index (χ1v) is 7.37. The molecule has 0 fully saturated rings. The van der Waals surface area contributed by atoms with Crippen molar-refractivity contribution in [3.8, 4) is 23.0 Å². The smallest absolute Gasteiger partial charge is 0.432 e. The zero-order chi connectivity index (χ0) is 17.8. The van der Waals surface area contributed by atoms with Gasteiger partial charge < -0.3 is 18.9 Å². The summed E-state index contributed by atoms with van der Waals surface area (Å²) in [5.74, 6) is 1.03. The van der Waals surface area contributed by atoms with Gasteiger partial charge in [0.15, 0.2) is 23.8 Å². The summed E-state index contributed by atoms with van der Waals surface area (Å²) in [6.45, 7) is -0.241. The van der Waals surface area contributed by atoms with Crippen LogP contribution in [0.4, 0.5) is 10.5 Å². The summed E-state index contributed by atoms with van der Waals surface area (Å²) >= 11 is 0. The molecule has 1 aliphatic heterocycles. The summed E-state index contributed by atoms with van der Waals surface area (Å²) in [6, 6.07) is 11.7. The van der Waals surface area contributed by atoms with Crippen molar-refractivity contribution >= 4 is 17.7 Å². The maximum absolute atomic E-state index is 12.2. The van der Waals surface area contributed by atoms with Gasteiger partial charge in [-0.15, -0.1) is 0 Å². The number of methoxy groups -OCH3 is 2. The summed E-state index contributed by atoms with van der Waals surface area (Å²) in [6.07, 6.45) is -0.815. The van der Waals surface area contributed by atoms with Gasteiger partial charge >= 0.3 is 6.09 Å². The van der Waals surface area contributed by atoms with E-state index >= 15 is 0 Å². The minimum atomic E-state index is -0.815. The first-order valence-electron chi connectivity index (χ1n) is 7.37. The second kappa shape index (κ2) is 7.00. The molecule has 2 aromatic rings. The minimum Gasteiger partial charge on any atom is -0.496 e. The van der Waals surface area contributed by atoms with Crippen molar-refractivity contribution in [2.75, 3.05) is 25.8 Å². The quantitative estimate of drug-likeness (QED) is 0.914. The lowest BCUT2D eigenvalue weighted by Gasteiger charge is -2.30. The molecular formula is C17H16N2O6. The fourth-order valence-corrected chi connectivity index (χ4v) is 2.32. The molecule has 1 aliphatic rings. The highest BCUT2D eigenvalue weighted by Crippen LogP contribution is 2.43. The number of carbonyl (C=O) groups is 2. The molecule has 0 radical (unpaired) electrons. The predicted molar refractivity (Wildman–Crippen MR) is 88.1 cm³/mol. The summed E-state index contributed by atoms with van der Waals surface area (Å²) < 4.78 is 21.0. The van der Waals surface area contributed by atoms with Gasteiger partial charge in [-0.25, -0.2) is 15.2 Å². The highest BCUT2D eigenvalue weighted by Gasteiger charge is 2.32.